The second-order valence-corrected chi connectivity index (χ2v) is 8.10. The van der Waals surface area contributed by atoms with Crippen molar-refractivity contribution in [3.05, 3.63) is 85.6 Å². The molecule has 28 heavy (non-hydrogen) atoms. The summed E-state index contributed by atoms with van der Waals surface area (Å²) in [5.41, 5.74) is 1.86. The summed E-state index contributed by atoms with van der Waals surface area (Å²) in [6.07, 6.45) is 0.105. The zero-order chi connectivity index (χ0) is 19.7. The Balaban J connectivity index is 1.70. The molecule has 0 saturated heterocycles. The zero-order valence-corrected chi connectivity index (χ0v) is 16.9. The molecule has 2 N–H and O–H groups in total. The molecule has 1 atom stereocenters. The van der Waals surface area contributed by atoms with Gasteiger partial charge >= 0.3 is 0 Å². The summed E-state index contributed by atoms with van der Waals surface area (Å²) in [5.74, 6) is 0.210. The molecule has 0 spiro atoms. The number of halogens is 2. The summed E-state index contributed by atoms with van der Waals surface area (Å²) in [6, 6.07) is 15.1. The number of hydrogen-bond donors (Lipinski definition) is 2. The Kier molecular flexibility index (Phi) is 5.44. The minimum absolute atomic E-state index is 0.105. The van der Waals surface area contributed by atoms with Crippen LogP contribution in [0.4, 0.5) is 5.82 Å². The van der Waals surface area contributed by atoms with Crippen molar-refractivity contribution in [2.24, 2.45) is 0 Å². The van der Waals surface area contributed by atoms with E-state index in [0.29, 0.717) is 32.1 Å². The highest BCUT2D eigenvalue weighted by molar-refractivity contribution is 7.98. The molecule has 0 bridgehead atoms. The molecule has 4 rings (SSSR count). The maximum atomic E-state index is 12.8. The molecule has 1 aliphatic rings. The van der Waals surface area contributed by atoms with Gasteiger partial charge in [0.15, 0.2) is 5.16 Å². The molecule has 142 valence electrons. The predicted molar refractivity (Wildman–Crippen MR) is 112 cm³/mol. The van der Waals surface area contributed by atoms with Crippen molar-refractivity contribution in [1.82, 2.24) is 9.97 Å². The van der Waals surface area contributed by atoms with E-state index in [4.69, 9.17) is 23.2 Å². The van der Waals surface area contributed by atoms with Gasteiger partial charge in [-0.25, -0.2) is 4.98 Å². The highest BCUT2D eigenvalue weighted by Gasteiger charge is 2.32. The SMILES string of the molecule is O=C1CC(c2cccc(Cl)c2Cl)c2c(nc(SCc3ccccc3)[nH]c2=O)N1. The number of aromatic nitrogens is 2. The third kappa shape index (κ3) is 3.81. The average molecular weight is 432 g/mol. The lowest BCUT2D eigenvalue weighted by Gasteiger charge is -2.25. The lowest BCUT2D eigenvalue weighted by molar-refractivity contribution is -0.116. The van der Waals surface area contributed by atoms with Crippen molar-refractivity contribution < 1.29 is 4.79 Å². The Hall–Kier alpha value is -2.28. The first kappa shape index (κ1) is 19.1. The fourth-order valence-corrected chi connectivity index (χ4v) is 4.46. The number of amides is 1. The molecule has 1 aliphatic heterocycles. The maximum absolute atomic E-state index is 12.8. The Bertz CT molecular complexity index is 1100. The number of aromatic amines is 1. The minimum Gasteiger partial charge on any atom is -0.310 e. The Morgan fingerprint density at radius 3 is 2.64 bits per heavy atom. The Labute approximate surface area is 175 Å². The van der Waals surface area contributed by atoms with Gasteiger partial charge in [-0.1, -0.05) is 77.4 Å². The van der Waals surface area contributed by atoms with Crippen molar-refractivity contribution in [3.8, 4) is 0 Å². The molecule has 1 aromatic heterocycles. The molecule has 0 fully saturated rings. The van der Waals surface area contributed by atoms with Crippen molar-refractivity contribution in [1.29, 1.82) is 0 Å². The van der Waals surface area contributed by atoms with E-state index in [9.17, 15) is 9.59 Å². The van der Waals surface area contributed by atoms with Gasteiger partial charge < -0.3 is 10.3 Å². The quantitative estimate of drug-likeness (QED) is 0.457. The summed E-state index contributed by atoms with van der Waals surface area (Å²) in [5, 5.41) is 3.89. The number of H-pyrrole nitrogens is 1. The van der Waals surface area contributed by atoms with E-state index in [-0.39, 0.29) is 23.7 Å². The van der Waals surface area contributed by atoms with Crippen LogP contribution in [0, 0.1) is 0 Å². The van der Waals surface area contributed by atoms with Crippen LogP contribution in [0.25, 0.3) is 0 Å². The topological polar surface area (TPSA) is 74.8 Å². The number of benzene rings is 2. The summed E-state index contributed by atoms with van der Waals surface area (Å²) in [7, 11) is 0. The van der Waals surface area contributed by atoms with Crippen LogP contribution in [0.15, 0.2) is 58.5 Å². The van der Waals surface area contributed by atoms with E-state index < -0.39 is 5.92 Å². The molecular weight excluding hydrogens is 417 g/mol. The zero-order valence-electron chi connectivity index (χ0n) is 14.5. The lowest BCUT2D eigenvalue weighted by Crippen LogP contribution is -2.31. The van der Waals surface area contributed by atoms with Crippen molar-refractivity contribution in [3.63, 3.8) is 0 Å². The standard InChI is InChI=1S/C20H15Cl2N3O2S/c21-14-8-4-7-12(17(14)22)13-9-15(26)23-18-16(13)19(27)25-20(24-18)28-10-11-5-2-1-3-6-11/h1-8,13H,9-10H2,(H2,23,24,25,26,27). The highest BCUT2D eigenvalue weighted by atomic mass is 35.5. The van der Waals surface area contributed by atoms with Gasteiger partial charge in [-0.05, 0) is 17.2 Å². The van der Waals surface area contributed by atoms with Crippen LogP contribution in [0.2, 0.25) is 10.0 Å². The number of carbonyl (C=O) groups excluding carboxylic acids is 1. The number of anilines is 1. The molecule has 2 aromatic carbocycles. The number of hydrogen-bond acceptors (Lipinski definition) is 4. The Morgan fingerprint density at radius 2 is 1.86 bits per heavy atom. The molecule has 1 amide bonds. The van der Waals surface area contributed by atoms with E-state index in [2.05, 4.69) is 15.3 Å². The van der Waals surface area contributed by atoms with Crippen LogP contribution >= 0.6 is 35.0 Å². The molecule has 5 nitrogen and oxygen atoms in total. The first-order valence-corrected chi connectivity index (χ1v) is 10.3. The van der Waals surface area contributed by atoms with Gasteiger partial charge in [-0.15, -0.1) is 0 Å². The van der Waals surface area contributed by atoms with Gasteiger partial charge in [0.05, 0.1) is 15.6 Å². The van der Waals surface area contributed by atoms with E-state index in [1.54, 1.807) is 18.2 Å². The number of nitrogens with zero attached hydrogens (tertiary/aromatic N) is 1. The van der Waals surface area contributed by atoms with Crippen LogP contribution in [-0.4, -0.2) is 15.9 Å². The molecule has 3 aromatic rings. The van der Waals surface area contributed by atoms with E-state index in [0.717, 1.165) is 5.56 Å². The molecule has 2 heterocycles. The molecular formula is C20H15Cl2N3O2S. The normalized spacial score (nSPS) is 15.8. The lowest BCUT2D eigenvalue weighted by atomic mass is 9.87. The second kappa shape index (κ2) is 7.99. The highest BCUT2D eigenvalue weighted by Crippen LogP contribution is 2.39. The number of carbonyl (C=O) groups is 1. The fraction of sp³-hybridized carbons (Fsp3) is 0.150. The van der Waals surface area contributed by atoms with Crippen molar-refractivity contribution in [2.75, 3.05) is 5.32 Å². The summed E-state index contributed by atoms with van der Waals surface area (Å²) < 4.78 is 0. The number of thioether (sulfide) groups is 1. The average Bonchev–Trinajstić information content (AvgIpc) is 2.68. The van der Waals surface area contributed by atoms with Crippen LogP contribution < -0.4 is 10.9 Å². The first-order chi connectivity index (χ1) is 13.5. The molecule has 0 saturated carbocycles. The minimum atomic E-state index is -0.501. The first-order valence-electron chi connectivity index (χ1n) is 8.57. The smallest absolute Gasteiger partial charge is 0.257 e. The van der Waals surface area contributed by atoms with Crippen LogP contribution in [0.5, 0.6) is 0 Å². The molecule has 8 heteroatoms. The van der Waals surface area contributed by atoms with E-state index >= 15 is 0 Å². The van der Waals surface area contributed by atoms with Gasteiger partial charge in [0.2, 0.25) is 5.91 Å². The maximum Gasteiger partial charge on any atom is 0.257 e. The van der Waals surface area contributed by atoms with Gasteiger partial charge in [0.25, 0.3) is 5.56 Å². The third-order valence-electron chi connectivity index (χ3n) is 4.50. The van der Waals surface area contributed by atoms with Gasteiger partial charge in [-0.3, -0.25) is 9.59 Å². The van der Waals surface area contributed by atoms with E-state index in [1.165, 1.54) is 11.8 Å². The predicted octanol–water partition coefficient (Wildman–Crippen LogP) is 4.84. The van der Waals surface area contributed by atoms with E-state index in [1.807, 2.05) is 30.3 Å². The summed E-state index contributed by atoms with van der Waals surface area (Å²) in [4.78, 5) is 32.4. The largest absolute Gasteiger partial charge is 0.310 e. The van der Waals surface area contributed by atoms with Crippen LogP contribution in [0.1, 0.15) is 29.0 Å². The Morgan fingerprint density at radius 1 is 1.07 bits per heavy atom. The van der Waals surface area contributed by atoms with Gasteiger partial charge in [0.1, 0.15) is 5.82 Å². The van der Waals surface area contributed by atoms with Gasteiger partial charge in [0, 0.05) is 18.1 Å². The molecule has 0 aliphatic carbocycles. The molecule has 1 unspecified atom stereocenters. The number of nitrogens with one attached hydrogen (secondary N) is 2. The van der Waals surface area contributed by atoms with Crippen molar-refractivity contribution >= 4 is 46.7 Å². The fourth-order valence-electron chi connectivity index (χ4n) is 3.20. The third-order valence-corrected chi connectivity index (χ3v) is 6.28. The van der Waals surface area contributed by atoms with Gasteiger partial charge in [-0.2, -0.15) is 0 Å². The number of rotatable bonds is 4. The monoisotopic (exact) mass is 431 g/mol. The van der Waals surface area contributed by atoms with Crippen LogP contribution in [0.3, 0.4) is 0 Å². The second-order valence-electron chi connectivity index (χ2n) is 6.36. The van der Waals surface area contributed by atoms with Crippen LogP contribution in [-0.2, 0) is 10.5 Å². The molecule has 0 radical (unpaired) electrons. The summed E-state index contributed by atoms with van der Waals surface area (Å²) in [6.45, 7) is 0. The van der Waals surface area contributed by atoms with Crippen molar-refractivity contribution in [2.45, 2.75) is 23.2 Å². The summed E-state index contributed by atoms with van der Waals surface area (Å²) >= 11 is 13.9. The number of fused-ring (bicyclic) bond motifs is 1.